The van der Waals surface area contributed by atoms with Crippen molar-refractivity contribution in [3.8, 4) is 0 Å². The van der Waals surface area contributed by atoms with Crippen LogP contribution in [0.25, 0.3) is 0 Å². The van der Waals surface area contributed by atoms with E-state index >= 15 is 0 Å². The van der Waals surface area contributed by atoms with Crippen molar-refractivity contribution >= 4 is 11.4 Å². The Labute approximate surface area is 108 Å². The van der Waals surface area contributed by atoms with Gasteiger partial charge >= 0.3 is 0 Å². The third kappa shape index (κ3) is 3.72. The standard InChI is InChI=1S/C14H20N2O2/c17-16(18)14-9-7-13(8-10-14)15-11-12-5-3-1-2-4-6-12/h7-10,12,15H,1-6,11H2. The van der Waals surface area contributed by atoms with E-state index in [1.807, 2.05) is 0 Å². The first-order chi connectivity index (χ1) is 8.75. The van der Waals surface area contributed by atoms with Gasteiger partial charge in [0.1, 0.15) is 0 Å². The molecule has 4 nitrogen and oxygen atoms in total. The molecule has 18 heavy (non-hydrogen) atoms. The van der Waals surface area contributed by atoms with Gasteiger partial charge in [0, 0.05) is 24.4 Å². The number of anilines is 1. The van der Waals surface area contributed by atoms with Crippen molar-refractivity contribution < 1.29 is 4.92 Å². The Hall–Kier alpha value is -1.58. The number of nitrogens with zero attached hydrogens (tertiary/aromatic N) is 1. The summed E-state index contributed by atoms with van der Waals surface area (Å²) < 4.78 is 0. The number of non-ortho nitro benzene ring substituents is 1. The molecule has 1 aliphatic carbocycles. The first kappa shape index (κ1) is 12.9. The van der Waals surface area contributed by atoms with Crippen LogP contribution in [-0.4, -0.2) is 11.5 Å². The van der Waals surface area contributed by atoms with Crippen LogP contribution in [-0.2, 0) is 0 Å². The van der Waals surface area contributed by atoms with Crippen molar-refractivity contribution in [1.29, 1.82) is 0 Å². The van der Waals surface area contributed by atoms with E-state index < -0.39 is 0 Å². The Kier molecular flexibility index (Phi) is 4.56. The van der Waals surface area contributed by atoms with Crippen LogP contribution in [0.15, 0.2) is 24.3 Å². The van der Waals surface area contributed by atoms with Gasteiger partial charge in [0.2, 0.25) is 0 Å². The topological polar surface area (TPSA) is 55.2 Å². The number of hydrogen-bond acceptors (Lipinski definition) is 3. The predicted molar refractivity (Wildman–Crippen MR) is 72.8 cm³/mol. The molecule has 1 aromatic carbocycles. The van der Waals surface area contributed by atoms with Gasteiger partial charge in [0.15, 0.2) is 0 Å². The van der Waals surface area contributed by atoms with E-state index in [1.54, 1.807) is 24.3 Å². The third-order valence-electron chi connectivity index (χ3n) is 3.65. The predicted octanol–water partition coefficient (Wildman–Crippen LogP) is 3.98. The Morgan fingerprint density at radius 2 is 1.72 bits per heavy atom. The summed E-state index contributed by atoms with van der Waals surface area (Å²) in [6.07, 6.45) is 8.03. The number of nitrogens with one attached hydrogen (secondary N) is 1. The van der Waals surface area contributed by atoms with Crippen LogP contribution in [0.4, 0.5) is 11.4 Å². The van der Waals surface area contributed by atoms with Crippen LogP contribution in [0.5, 0.6) is 0 Å². The second kappa shape index (κ2) is 6.38. The summed E-state index contributed by atoms with van der Waals surface area (Å²) in [6.45, 7) is 0.984. The number of nitro benzene ring substituents is 1. The van der Waals surface area contributed by atoms with Crippen molar-refractivity contribution in [2.75, 3.05) is 11.9 Å². The maximum atomic E-state index is 10.5. The highest BCUT2D eigenvalue weighted by Gasteiger charge is 2.12. The Balaban J connectivity index is 1.83. The molecule has 4 heteroatoms. The minimum absolute atomic E-state index is 0.148. The van der Waals surface area contributed by atoms with E-state index in [2.05, 4.69) is 5.32 Å². The van der Waals surface area contributed by atoms with E-state index in [0.717, 1.165) is 18.2 Å². The molecule has 98 valence electrons. The lowest BCUT2D eigenvalue weighted by Crippen LogP contribution is -2.13. The molecular formula is C14H20N2O2. The van der Waals surface area contributed by atoms with E-state index in [1.165, 1.54) is 38.5 Å². The molecule has 1 saturated carbocycles. The molecule has 1 N–H and O–H groups in total. The van der Waals surface area contributed by atoms with Crippen LogP contribution < -0.4 is 5.32 Å². The minimum Gasteiger partial charge on any atom is -0.385 e. The first-order valence-corrected chi connectivity index (χ1v) is 6.74. The van der Waals surface area contributed by atoms with Gasteiger partial charge in [-0.1, -0.05) is 25.7 Å². The molecule has 1 fully saturated rings. The van der Waals surface area contributed by atoms with Gasteiger partial charge in [-0.25, -0.2) is 0 Å². The molecule has 0 amide bonds. The number of hydrogen-bond donors (Lipinski definition) is 1. The first-order valence-electron chi connectivity index (χ1n) is 6.74. The SMILES string of the molecule is O=[N+]([O-])c1ccc(NCC2CCCCCC2)cc1. The minimum atomic E-state index is -0.366. The maximum absolute atomic E-state index is 10.5. The fourth-order valence-electron chi connectivity index (χ4n) is 2.53. The van der Waals surface area contributed by atoms with Gasteiger partial charge in [-0.15, -0.1) is 0 Å². The second-order valence-electron chi connectivity index (χ2n) is 5.04. The van der Waals surface area contributed by atoms with Gasteiger partial charge in [-0.3, -0.25) is 10.1 Å². The van der Waals surface area contributed by atoms with Crippen LogP contribution in [0.1, 0.15) is 38.5 Å². The lowest BCUT2D eigenvalue weighted by molar-refractivity contribution is -0.384. The summed E-state index contributed by atoms with van der Waals surface area (Å²) in [5.74, 6) is 0.752. The van der Waals surface area contributed by atoms with Gasteiger partial charge in [-0.05, 0) is 30.9 Å². The summed E-state index contributed by atoms with van der Waals surface area (Å²) in [7, 11) is 0. The molecule has 0 aliphatic heterocycles. The van der Waals surface area contributed by atoms with Gasteiger partial charge in [0.25, 0.3) is 5.69 Å². The number of benzene rings is 1. The summed E-state index contributed by atoms with van der Waals surface area (Å²) >= 11 is 0. The van der Waals surface area contributed by atoms with Crippen LogP contribution >= 0.6 is 0 Å². The zero-order chi connectivity index (χ0) is 12.8. The van der Waals surface area contributed by atoms with Gasteiger partial charge in [0.05, 0.1) is 4.92 Å². The largest absolute Gasteiger partial charge is 0.385 e. The highest BCUT2D eigenvalue weighted by Crippen LogP contribution is 2.23. The maximum Gasteiger partial charge on any atom is 0.269 e. The highest BCUT2D eigenvalue weighted by atomic mass is 16.6. The fraction of sp³-hybridized carbons (Fsp3) is 0.571. The summed E-state index contributed by atoms with van der Waals surface area (Å²) in [5.41, 5.74) is 1.12. The lowest BCUT2D eigenvalue weighted by atomic mass is 10.0. The molecule has 0 radical (unpaired) electrons. The second-order valence-corrected chi connectivity index (χ2v) is 5.04. The molecule has 0 heterocycles. The smallest absolute Gasteiger partial charge is 0.269 e. The average Bonchev–Trinajstić information content (AvgIpc) is 2.65. The Morgan fingerprint density at radius 1 is 1.11 bits per heavy atom. The van der Waals surface area contributed by atoms with Crippen molar-refractivity contribution in [2.24, 2.45) is 5.92 Å². The summed E-state index contributed by atoms with van der Waals surface area (Å²) in [4.78, 5) is 10.2. The molecule has 2 rings (SSSR count). The zero-order valence-corrected chi connectivity index (χ0v) is 10.6. The number of nitro groups is 1. The molecule has 0 aromatic heterocycles. The quantitative estimate of drug-likeness (QED) is 0.498. The van der Waals surface area contributed by atoms with Crippen molar-refractivity contribution in [1.82, 2.24) is 0 Å². The van der Waals surface area contributed by atoms with E-state index in [9.17, 15) is 10.1 Å². The van der Waals surface area contributed by atoms with E-state index in [-0.39, 0.29) is 10.6 Å². The normalized spacial score (nSPS) is 17.1. The monoisotopic (exact) mass is 248 g/mol. The fourth-order valence-corrected chi connectivity index (χ4v) is 2.53. The molecular weight excluding hydrogens is 228 g/mol. The van der Waals surface area contributed by atoms with Gasteiger partial charge in [-0.2, -0.15) is 0 Å². The molecule has 0 atom stereocenters. The zero-order valence-electron chi connectivity index (χ0n) is 10.6. The van der Waals surface area contributed by atoms with Crippen LogP contribution in [0.3, 0.4) is 0 Å². The van der Waals surface area contributed by atoms with E-state index in [4.69, 9.17) is 0 Å². The number of rotatable bonds is 4. The van der Waals surface area contributed by atoms with Crippen LogP contribution in [0.2, 0.25) is 0 Å². The summed E-state index contributed by atoms with van der Waals surface area (Å²) in [5, 5.41) is 13.9. The van der Waals surface area contributed by atoms with Crippen molar-refractivity contribution in [2.45, 2.75) is 38.5 Å². The highest BCUT2D eigenvalue weighted by molar-refractivity contribution is 5.48. The van der Waals surface area contributed by atoms with E-state index in [0.29, 0.717) is 0 Å². The average molecular weight is 248 g/mol. The lowest BCUT2D eigenvalue weighted by Gasteiger charge is -2.15. The molecule has 0 unspecified atom stereocenters. The van der Waals surface area contributed by atoms with Gasteiger partial charge < -0.3 is 5.32 Å². The molecule has 0 saturated heterocycles. The van der Waals surface area contributed by atoms with Crippen molar-refractivity contribution in [3.63, 3.8) is 0 Å². The molecule has 1 aromatic rings. The Morgan fingerprint density at radius 3 is 2.28 bits per heavy atom. The Bertz CT molecular complexity index is 381. The third-order valence-corrected chi connectivity index (χ3v) is 3.65. The van der Waals surface area contributed by atoms with Crippen LogP contribution in [0, 0.1) is 16.0 Å². The molecule has 0 bridgehead atoms. The molecule has 0 spiro atoms. The molecule has 1 aliphatic rings. The summed E-state index contributed by atoms with van der Waals surface area (Å²) in [6, 6.07) is 6.68. The van der Waals surface area contributed by atoms with Crippen molar-refractivity contribution in [3.05, 3.63) is 34.4 Å².